The molecule has 0 bridgehead atoms. The molecule has 1 aliphatic heterocycles. The summed E-state index contributed by atoms with van der Waals surface area (Å²) in [5.41, 5.74) is -1.56. The lowest BCUT2D eigenvalue weighted by atomic mass is 10.1. The number of carboxylic acid groups (broad SMARTS) is 1. The van der Waals surface area contributed by atoms with Crippen molar-refractivity contribution in [3.05, 3.63) is 32.6 Å². The van der Waals surface area contributed by atoms with Gasteiger partial charge in [0.15, 0.2) is 12.3 Å². The summed E-state index contributed by atoms with van der Waals surface area (Å²) >= 11 is 5.05. The minimum atomic E-state index is -4.89. The molecule has 1 aromatic heterocycles. The van der Waals surface area contributed by atoms with Crippen molar-refractivity contribution in [2.75, 3.05) is 26.5 Å². The number of carbonyl (C=O) groups excluding carboxylic acids is 1. The average molecular weight is 619 g/mol. The van der Waals surface area contributed by atoms with Gasteiger partial charge in [0, 0.05) is 18.9 Å². The van der Waals surface area contributed by atoms with E-state index in [1.807, 2.05) is 5.32 Å². The Bertz CT molecular complexity index is 1250. The van der Waals surface area contributed by atoms with Crippen molar-refractivity contribution < 1.29 is 57.2 Å². The standard InChI is InChI=1S/C19H31N3O14P2S/c1-9(2)35-38(31,39)36-12-13(16(24)20-11(18(25)26)8-37(28,29)30)34-17(14(12)33-6-5-32-4)22-7-10(3)15(23)21-19(22)27/h7,9,11-14,17H,5-6,8H2,1-4H3,(H,20,24)(H,25,26)(H,31,39)(H,21,23,27)(H2,28,29,30)/t11?,12-,13-,14?,17-,38?/m0/s1. The third-order valence-corrected chi connectivity index (χ3v) is 7.65. The molecule has 6 atom stereocenters. The first-order chi connectivity index (χ1) is 18.0. The Morgan fingerprint density at radius 2 is 1.87 bits per heavy atom. The molecular formula is C19H31N3O14P2S. The zero-order valence-electron chi connectivity index (χ0n) is 21.3. The molecule has 3 unspecified atom stereocenters. The number of hydrogen-bond acceptors (Lipinski definition) is 11. The van der Waals surface area contributed by atoms with Gasteiger partial charge in [-0.1, -0.05) is 0 Å². The molecule has 2 rings (SSSR count). The number of hydrogen-bond donors (Lipinski definition) is 6. The lowest BCUT2D eigenvalue weighted by Gasteiger charge is -2.28. The third-order valence-electron chi connectivity index (χ3n) is 5.10. The third kappa shape index (κ3) is 9.65. The minimum Gasteiger partial charge on any atom is -0.480 e. The van der Waals surface area contributed by atoms with Crippen molar-refractivity contribution >= 4 is 38.0 Å². The molecule has 1 amide bonds. The molecule has 1 saturated heterocycles. The van der Waals surface area contributed by atoms with Gasteiger partial charge in [-0.2, -0.15) is 0 Å². The van der Waals surface area contributed by atoms with Gasteiger partial charge in [-0.25, -0.2) is 9.59 Å². The minimum absolute atomic E-state index is 0.0332. The lowest BCUT2D eigenvalue weighted by molar-refractivity contribution is -0.145. The second kappa shape index (κ2) is 13.7. The van der Waals surface area contributed by atoms with Crippen LogP contribution in [0.25, 0.3) is 0 Å². The summed E-state index contributed by atoms with van der Waals surface area (Å²) in [6, 6.07) is -2.04. The number of H-pyrrole nitrogens is 1. The van der Waals surface area contributed by atoms with Crippen LogP contribution in [-0.2, 0) is 49.2 Å². The zero-order chi connectivity index (χ0) is 29.7. The fourth-order valence-electron chi connectivity index (χ4n) is 3.53. The number of methoxy groups -OCH3 is 1. The summed E-state index contributed by atoms with van der Waals surface area (Å²) in [4.78, 5) is 80.5. The van der Waals surface area contributed by atoms with Gasteiger partial charge >= 0.3 is 26.0 Å². The number of aromatic nitrogens is 2. The van der Waals surface area contributed by atoms with Crippen LogP contribution in [0.4, 0.5) is 0 Å². The van der Waals surface area contributed by atoms with E-state index in [1.54, 1.807) is 13.8 Å². The Kier molecular flexibility index (Phi) is 11.7. The van der Waals surface area contributed by atoms with E-state index < -0.39 is 80.3 Å². The van der Waals surface area contributed by atoms with Crippen LogP contribution in [0.5, 0.6) is 0 Å². The topological polar surface area (TPSA) is 245 Å². The van der Waals surface area contributed by atoms with Crippen LogP contribution in [0.1, 0.15) is 25.6 Å². The lowest BCUT2D eigenvalue weighted by Crippen LogP contribution is -2.51. The van der Waals surface area contributed by atoms with E-state index in [2.05, 4.69) is 4.98 Å². The summed E-state index contributed by atoms with van der Waals surface area (Å²) in [7, 11) is -3.51. The number of nitrogens with one attached hydrogen (secondary N) is 2. The van der Waals surface area contributed by atoms with Gasteiger partial charge < -0.3 is 43.8 Å². The summed E-state index contributed by atoms with van der Waals surface area (Å²) < 4.78 is 39.6. The van der Waals surface area contributed by atoms with Crippen LogP contribution in [0.15, 0.2) is 15.8 Å². The Hall–Kier alpha value is -1.82. The van der Waals surface area contributed by atoms with Crippen molar-refractivity contribution in [3.8, 4) is 0 Å². The molecule has 6 N–H and O–H groups in total. The fraction of sp³-hybridized carbons (Fsp3) is 0.684. The van der Waals surface area contributed by atoms with Crippen LogP contribution in [0.3, 0.4) is 0 Å². The summed E-state index contributed by atoms with van der Waals surface area (Å²) in [5, 5.41) is 11.3. The first-order valence-electron chi connectivity index (χ1n) is 11.3. The van der Waals surface area contributed by atoms with Crippen LogP contribution in [0, 0.1) is 6.92 Å². The summed E-state index contributed by atoms with van der Waals surface area (Å²) in [6.45, 7) is 0.280. The highest BCUT2D eigenvalue weighted by Crippen LogP contribution is 2.50. The van der Waals surface area contributed by atoms with Gasteiger partial charge in [-0.3, -0.25) is 28.2 Å². The first kappa shape index (κ1) is 33.4. The highest BCUT2D eigenvalue weighted by molar-refractivity contribution is 8.07. The van der Waals surface area contributed by atoms with Crippen molar-refractivity contribution in [3.63, 3.8) is 0 Å². The van der Waals surface area contributed by atoms with E-state index in [4.69, 9.17) is 35.1 Å². The molecule has 39 heavy (non-hydrogen) atoms. The number of aliphatic carboxylic acids is 1. The van der Waals surface area contributed by atoms with Crippen LogP contribution in [0.2, 0.25) is 0 Å². The molecule has 0 saturated carbocycles. The van der Waals surface area contributed by atoms with Gasteiger partial charge in [-0.15, -0.1) is 0 Å². The Labute approximate surface area is 226 Å². The summed E-state index contributed by atoms with van der Waals surface area (Å²) in [5.74, 6) is -2.99. The number of carbonyl (C=O) groups is 2. The number of ether oxygens (including phenoxy) is 3. The number of aromatic amines is 1. The highest BCUT2D eigenvalue weighted by atomic mass is 32.5. The maximum Gasteiger partial charge on any atom is 0.330 e. The van der Waals surface area contributed by atoms with Gasteiger partial charge in [0.05, 0.1) is 25.5 Å². The Morgan fingerprint density at radius 1 is 1.23 bits per heavy atom. The molecule has 0 radical (unpaired) electrons. The molecule has 17 nitrogen and oxygen atoms in total. The summed E-state index contributed by atoms with van der Waals surface area (Å²) in [6.07, 6.45) is -7.10. The van der Waals surface area contributed by atoms with Gasteiger partial charge in [0.2, 0.25) is 0 Å². The highest BCUT2D eigenvalue weighted by Gasteiger charge is 2.53. The van der Waals surface area contributed by atoms with Gasteiger partial charge in [-0.05, 0) is 32.6 Å². The molecule has 20 heteroatoms. The molecule has 222 valence electrons. The second-order valence-corrected chi connectivity index (χ2v) is 13.1. The van der Waals surface area contributed by atoms with E-state index in [1.165, 1.54) is 14.0 Å². The second-order valence-electron chi connectivity index (χ2n) is 8.69. The van der Waals surface area contributed by atoms with E-state index in [-0.39, 0.29) is 18.8 Å². The first-order valence-corrected chi connectivity index (χ1v) is 15.7. The predicted octanol–water partition coefficient (Wildman–Crippen LogP) is -1.45. The largest absolute Gasteiger partial charge is 0.480 e. The number of rotatable bonds is 14. The Morgan fingerprint density at radius 3 is 2.41 bits per heavy atom. The van der Waals surface area contributed by atoms with Crippen molar-refractivity contribution in [2.45, 2.75) is 57.5 Å². The Balaban J connectivity index is 2.58. The molecule has 1 aliphatic rings. The number of carboxylic acids is 1. The predicted molar refractivity (Wildman–Crippen MR) is 136 cm³/mol. The van der Waals surface area contributed by atoms with E-state index in [0.717, 1.165) is 10.8 Å². The fourth-order valence-corrected chi connectivity index (χ4v) is 6.19. The van der Waals surface area contributed by atoms with Gasteiger partial charge in [0.25, 0.3) is 11.5 Å². The normalized spacial score (nSPS) is 23.9. The zero-order valence-corrected chi connectivity index (χ0v) is 23.9. The van der Waals surface area contributed by atoms with Crippen molar-refractivity contribution in [1.82, 2.24) is 14.9 Å². The van der Waals surface area contributed by atoms with Crippen LogP contribution >= 0.6 is 14.3 Å². The molecule has 2 heterocycles. The maximum atomic E-state index is 13.2. The van der Waals surface area contributed by atoms with E-state index in [0.29, 0.717) is 0 Å². The van der Waals surface area contributed by atoms with Crippen LogP contribution in [-0.4, -0.2) is 98.2 Å². The van der Waals surface area contributed by atoms with Crippen LogP contribution < -0.4 is 16.6 Å². The van der Waals surface area contributed by atoms with Gasteiger partial charge in [0.1, 0.15) is 18.2 Å². The van der Waals surface area contributed by atoms with Crippen molar-refractivity contribution in [2.24, 2.45) is 0 Å². The molecule has 0 aromatic carbocycles. The smallest absolute Gasteiger partial charge is 0.330 e. The molecular weight excluding hydrogens is 588 g/mol. The average Bonchev–Trinajstić information content (AvgIpc) is 3.11. The number of nitrogens with zero attached hydrogens (tertiary/aromatic N) is 1. The molecule has 0 spiro atoms. The van der Waals surface area contributed by atoms with E-state index >= 15 is 0 Å². The number of aryl methyl sites for hydroxylation is 1. The molecule has 0 aliphatic carbocycles. The van der Waals surface area contributed by atoms with E-state index in [9.17, 15) is 43.5 Å². The maximum absolute atomic E-state index is 13.2. The molecule has 1 aromatic rings. The SMILES string of the molecule is COCCOC1[C@@H](OP(O)(=S)OC(C)C)[C@@H](C(=O)NC(CP(=O)(O)O)C(=O)O)O[C@@H]1n1cc(C)c(=O)[nH]c1=O. The van der Waals surface area contributed by atoms with Crippen molar-refractivity contribution in [1.29, 1.82) is 0 Å². The molecule has 1 fully saturated rings. The monoisotopic (exact) mass is 619 g/mol. The quantitative estimate of drug-likeness (QED) is 0.103. The number of amides is 1.